The Labute approximate surface area is 236 Å². The minimum atomic E-state index is -4.73. The molecule has 3 fully saturated rings. The van der Waals surface area contributed by atoms with Crippen LogP contribution in [0.15, 0.2) is 17.2 Å². The first-order valence-corrected chi connectivity index (χ1v) is 15.1. The SMILES string of the molecule is COC1(C(=O)N2CCN(c3cc(S(=O)(=O)NC4(C)CC4)cn4c(-c5nnc(C(F)(F)F)s5)nc(C#N)c34)CC2)CC1. The molecule has 0 radical (unpaired) electrons. The molecule has 1 amide bonds. The molecular formula is C24H25F3N8O4S2. The smallest absolute Gasteiger partial charge is 0.368 e. The number of hydrogen-bond donors (Lipinski definition) is 1. The molecule has 3 aromatic heterocycles. The van der Waals surface area contributed by atoms with Crippen LogP contribution in [0.4, 0.5) is 18.9 Å². The van der Waals surface area contributed by atoms with Crippen LogP contribution in [0.25, 0.3) is 16.3 Å². The highest BCUT2D eigenvalue weighted by Gasteiger charge is 2.52. The Morgan fingerprint density at radius 3 is 2.39 bits per heavy atom. The van der Waals surface area contributed by atoms with Gasteiger partial charge >= 0.3 is 6.18 Å². The van der Waals surface area contributed by atoms with Crippen molar-refractivity contribution in [3.05, 3.63) is 23.0 Å². The summed E-state index contributed by atoms with van der Waals surface area (Å²) in [7, 11) is -2.55. The predicted molar refractivity (Wildman–Crippen MR) is 140 cm³/mol. The fourth-order valence-electron chi connectivity index (χ4n) is 4.95. The number of carbonyl (C=O) groups excluding carboxylic acids is 1. The lowest BCUT2D eigenvalue weighted by atomic mass is 10.2. The van der Waals surface area contributed by atoms with E-state index in [4.69, 9.17) is 4.74 Å². The normalized spacial score (nSPS) is 19.8. The molecule has 2 saturated carbocycles. The molecule has 0 bridgehead atoms. The van der Waals surface area contributed by atoms with Gasteiger partial charge in [-0.3, -0.25) is 9.20 Å². The van der Waals surface area contributed by atoms with Crippen LogP contribution in [-0.4, -0.2) is 83.2 Å². The second-order valence-electron chi connectivity index (χ2n) is 10.7. The quantitative estimate of drug-likeness (QED) is 0.426. The van der Waals surface area contributed by atoms with Crippen LogP contribution >= 0.6 is 11.3 Å². The highest BCUT2D eigenvalue weighted by atomic mass is 32.2. The van der Waals surface area contributed by atoms with Crippen LogP contribution in [0.5, 0.6) is 0 Å². The molecule has 4 heterocycles. The van der Waals surface area contributed by atoms with Crippen molar-refractivity contribution in [2.24, 2.45) is 0 Å². The molecule has 41 heavy (non-hydrogen) atoms. The molecule has 0 aromatic carbocycles. The lowest BCUT2D eigenvalue weighted by molar-refractivity contribution is -0.145. The number of rotatable bonds is 7. The minimum absolute atomic E-state index is 0.0934. The zero-order valence-electron chi connectivity index (χ0n) is 22.0. The van der Waals surface area contributed by atoms with Crippen molar-refractivity contribution in [2.45, 2.75) is 54.8 Å². The van der Waals surface area contributed by atoms with Gasteiger partial charge < -0.3 is 14.5 Å². The molecule has 0 unspecified atom stereocenters. The number of aromatic nitrogens is 4. The van der Waals surface area contributed by atoms with Gasteiger partial charge in [0.1, 0.15) is 22.1 Å². The summed E-state index contributed by atoms with van der Waals surface area (Å²) < 4.78 is 76.1. The van der Waals surface area contributed by atoms with Crippen molar-refractivity contribution < 1.29 is 31.1 Å². The number of imidazole rings is 1. The number of anilines is 1. The van der Waals surface area contributed by atoms with E-state index in [1.54, 1.807) is 11.8 Å². The summed E-state index contributed by atoms with van der Waals surface area (Å²) >= 11 is 0.246. The van der Waals surface area contributed by atoms with Crippen LogP contribution in [0, 0.1) is 11.3 Å². The zero-order chi connectivity index (χ0) is 29.4. The molecule has 2 aliphatic carbocycles. The number of hydrogen-bond acceptors (Lipinski definition) is 10. The molecule has 218 valence electrons. The van der Waals surface area contributed by atoms with Gasteiger partial charge in [-0.2, -0.15) is 18.4 Å². The van der Waals surface area contributed by atoms with Gasteiger partial charge in [-0.25, -0.2) is 18.1 Å². The number of ether oxygens (including phenoxy) is 1. The van der Waals surface area contributed by atoms with Crippen LogP contribution in [-0.2, 0) is 25.7 Å². The Balaban J connectivity index is 1.44. The first-order valence-electron chi connectivity index (χ1n) is 12.8. The Bertz CT molecular complexity index is 1700. The number of carbonyl (C=O) groups is 1. The number of amides is 1. The zero-order valence-corrected chi connectivity index (χ0v) is 23.7. The summed E-state index contributed by atoms with van der Waals surface area (Å²) in [6.07, 6.45) is -0.856. The summed E-state index contributed by atoms with van der Waals surface area (Å²) in [6.45, 7) is 3.08. The van der Waals surface area contributed by atoms with Crippen molar-refractivity contribution >= 4 is 38.5 Å². The van der Waals surface area contributed by atoms with Gasteiger partial charge in [0, 0.05) is 45.0 Å². The van der Waals surface area contributed by atoms with E-state index in [1.165, 1.54) is 23.8 Å². The maximum atomic E-state index is 13.4. The summed E-state index contributed by atoms with van der Waals surface area (Å²) in [5.74, 6) is -0.228. The molecule has 3 aromatic rings. The largest absolute Gasteiger partial charge is 0.445 e. The van der Waals surface area contributed by atoms with E-state index in [2.05, 4.69) is 19.9 Å². The van der Waals surface area contributed by atoms with Crippen molar-refractivity contribution in [1.82, 2.24) is 29.2 Å². The average Bonchev–Trinajstić information content (AvgIpc) is 3.77. The maximum absolute atomic E-state index is 13.4. The van der Waals surface area contributed by atoms with E-state index < -0.39 is 32.3 Å². The van der Waals surface area contributed by atoms with Crippen LogP contribution in [0.3, 0.4) is 0 Å². The summed E-state index contributed by atoms with van der Waals surface area (Å²) in [4.78, 5) is 20.6. The molecule has 3 aliphatic rings. The third kappa shape index (κ3) is 4.92. The predicted octanol–water partition coefficient (Wildman–Crippen LogP) is 2.40. The molecule has 1 aliphatic heterocycles. The molecule has 0 atom stereocenters. The van der Waals surface area contributed by atoms with E-state index in [0.29, 0.717) is 57.5 Å². The number of sulfonamides is 1. The summed E-state index contributed by atoms with van der Waals surface area (Å²) in [6, 6.07) is 3.41. The first kappa shape index (κ1) is 27.8. The van der Waals surface area contributed by atoms with E-state index in [0.717, 1.165) is 0 Å². The summed E-state index contributed by atoms with van der Waals surface area (Å²) in [5, 5.41) is 15.4. The van der Waals surface area contributed by atoms with Crippen LogP contribution < -0.4 is 9.62 Å². The molecule has 1 N–H and O–H groups in total. The number of halogens is 3. The standard InChI is InChI=1S/C24H25F3N8O4S2/c1-22(3-4-22)32-41(37,38)14-11-16(33-7-9-34(10-8-33)21(36)23(39-2)5-6-23)17-15(12-28)29-18(35(17)13-14)19-30-31-20(40-19)24(25,26)27/h11,13,32H,3-10H2,1-2H3. The molecular weight excluding hydrogens is 585 g/mol. The number of nitrogens with zero attached hydrogens (tertiary/aromatic N) is 7. The van der Waals surface area contributed by atoms with Crippen molar-refractivity contribution in [1.29, 1.82) is 5.26 Å². The number of pyridine rings is 1. The number of fused-ring (bicyclic) bond motifs is 1. The number of methoxy groups -OCH3 is 1. The van der Waals surface area contributed by atoms with E-state index in [9.17, 15) is 31.6 Å². The van der Waals surface area contributed by atoms with Gasteiger partial charge in [-0.1, -0.05) is 11.3 Å². The van der Waals surface area contributed by atoms with E-state index in [1.807, 2.05) is 11.0 Å². The third-order valence-corrected chi connectivity index (χ3v) is 10.3. The van der Waals surface area contributed by atoms with Crippen molar-refractivity contribution in [3.63, 3.8) is 0 Å². The molecule has 1 saturated heterocycles. The van der Waals surface area contributed by atoms with Gasteiger partial charge in [0.25, 0.3) is 5.91 Å². The van der Waals surface area contributed by atoms with Crippen molar-refractivity contribution in [3.8, 4) is 16.9 Å². The molecule has 12 nitrogen and oxygen atoms in total. The third-order valence-electron chi connectivity index (χ3n) is 7.74. The topological polar surface area (TPSA) is 146 Å². The van der Waals surface area contributed by atoms with E-state index in [-0.39, 0.29) is 44.2 Å². The summed E-state index contributed by atoms with van der Waals surface area (Å²) in [5.41, 5.74) is -0.905. The number of nitriles is 1. The minimum Gasteiger partial charge on any atom is -0.368 e. The van der Waals surface area contributed by atoms with Crippen LogP contribution in [0.1, 0.15) is 43.3 Å². The lowest BCUT2D eigenvalue weighted by Gasteiger charge is -2.37. The fraction of sp³-hybridized carbons (Fsp3) is 0.542. The van der Waals surface area contributed by atoms with Gasteiger partial charge in [0.15, 0.2) is 16.5 Å². The maximum Gasteiger partial charge on any atom is 0.445 e. The Hall–Kier alpha value is -3.33. The van der Waals surface area contributed by atoms with Crippen LogP contribution in [0.2, 0.25) is 0 Å². The number of piperazine rings is 1. The second kappa shape index (κ2) is 9.34. The lowest BCUT2D eigenvalue weighted by Crippen LogP contribution is -2.52. The average molecular weight is 611 g/mol. The molecule has 17 heteroatoms. The van der Waals surface area contributed by atoms with Gasteiger partial charge in [0.2, 0.25) is 15.0 Å². The monoisotopic (exact) mass is 610 g/mol. The number of alkyl halides is 3. The Morgan fingerprint density at radius 1 is 1.17 bits per heavy atom. The fourth-order valence-corrected chi connectivity index (χ4v) is 7.13. The number of nitrogens with one attached hydrogen (secondary N) is 1. The second-order valence-corrected chi connectivity index (χ2v) is 13.4. The van der Waals surface area contributed by atoms with E-state index >= 15 is 0 Å². The van der Waals surface area contributed by atoms with Gasteiger partial charge in [-0.15, -0.1) is 10.2 Å². The first-order chi connectivity index (χ1) is 19.3. The Kier molecular flexibility index (Phi) is 6.34. The van der Waals surface area contributed by atoms with Gasteiger partial charge in [-0.05, 0) is 38.7 Å². The van der Waals surface area contributed by atoms with Gasteiger partial charge in [0.05, 0.1) is 5.69 Å². The van der Waals surface area contributed by atoms with Crippen molar-refractivity contribution in [2.75, 3.05) is 38.2 Å². The highest BCUT2D eigenvalue weighted by molar-refractivity contribution is 7.89. The Morgan fingerprint density at radius 2 is 1.85 bits per heavy atom. The molecule has 6 rings (SSSR count). The molecule has 0 spiro atoms. The highest BCUT2D eigenvalue weighted by Crippen LogP contribution is 2.42.